The van der Waals surface area contributed by atoms with Crippen LogP contribution in [-0.4, -0.2) is 6.04 Å². The van der Waals surface area contributed by atoms with Crippen molar-refractivity contribution in [3.63, 3.8) is 0 Å². The summed E-state index contributed by atoms with van der Waals surface area (Å²) in [6.07, 6.45) is 0. The minimum Gasteiger partial charge on any atom is -0.381 e. The van der Waals surface area contributed by atoms with Crippen molar-refractivity contribution >= 4 is 17.3 Å². The van der Waals surface area contributed by atoms with E-state index in [1.54, 1.807) is 18.2 Å². The van der Waals surface area contributed by atoms with Gasteiger partial charge in [-0.15, -0.1) is 0 Å². The summed E-state index contributed by atoms with van der Waals surface area (Å²) in [6.45, 7) is 6.36. The summed E-state index contributed by atoms with van der Waals surface area (Å²) < 4.78 is 0. The minimum atomic E-state index is 0.315. The molecule has 0 aliphatic heterocycles. The second kappa shape index (κ2) is 5.04. The molecule has 0 bridgehead atoms. The van der Waals surface area contributed by atoms with Crippen LogP contribution in [0, 0.1) is 17.2 Å². The molecule has 15 heavy (non-hydrogen) atoms. The van der Waals surface area contributed by atoms with E-state index in [0.717, 1.165) is 5.69 Å². The molecule has 0 aliphatic rings. The first-order valence-corrected chi connectivity index (χ1v) is 5.38. The number of hydrogen-bond donors (Lipinski definition) is 1. The lowest BCUT2D eigenvalue weighted by atomic mass is 10.1. The molecule has 3 heteroatoms. The third-order valence-corrected chi connectivity index (χ3v) is 2.72. The molecule has 1 unspecified atom stereocenters. The van der Waals surface area contributed by atoms with Gasteiger partial charge in [-0.25, -0.2) is 0 Å². The van der Waals surface area contributed by atoms with Crippen LogP contribution >= 0.6 is 11.6 Å². The average Bonchev–Trinajstić information content (AvgIpc) is 2.18. The predicted molar refractivity (Wildman–Crippen MR) is 64.1 cm³/mol. The lowest BCUT2D eigenvalue weighted by Gasteiger charge is -2.19. The maximum absolute atomic E-state index is 8.93. The summed E-state index contributed by atoms with van der Waals surface area (Å²) in [4.78, 5) is 0. The first kappa shape index (κ1) is 11.9. The van der Waals surface area contributed by atoms with Crippen molar-refractivity contribution in [3.8, 4) is 6.07 Å². The van der Waals surface area contributed by atoms with Crippen molar-refractivity contribution in [2.75, 3.05) is 5.32 Å². The molecule has 1 aromatic rings. The van der Waals surface area contributed by atoms with Gasteiger partial charge in [-0.3, -0.25) is 0 Å². The Kier molecular flexibility index (Phi) is 3.99. The highest BCUT2D eigenvalue weighted by molar-refractivity contribution is 6.30. The van der Waals surface area contributed by atoms with Gasteiger partial charge in [0.2, 0.25) is 0 Å². The normalized spacial score (nSPS) is 12.3. The number of nitriles is 1. The Morgan fingerprint density at radius 1 is 1.33 bits per heavy atom. The first-order valence-electron chi connectivity index (χ1n) is 5.00. The molecule has 0 aromatic heterocycles. The zero-order valence-corrected chi connectivity index (χ0v) is 9.97. The molecule has 0 saturated heterocycles. The van der Waals surface area contributed by atoms with E-state index in [9.17, 15) is 0 Å². The molecule has 1 N–H and O–H groups in total. The molecule has 0 amide bonds. The largest absolute Gasteiger partial charge is 0.381 e. The Morgan fingerprint density at radius 3 is 2.53 bits per heavy atom. The SMILES string of the molecule is CC(C)C(C)Nc1cc(Cl)ccc1C#N. The predicted octanol–water partition coefficient (Wildman–Crippen LogP) is 3.67. The van der Waals surface area contributed by atoms with E-state index in [2.05, 4.69) is 32.2 Å². The van der Waals surface area contributed by atoms with Gasteiger partial charge in [0.1, 0.15) is 6.07 Å². The van der Waals surface area contributed by atoms with Crippen LogP contribution in [0.2, 0.25) is 5.02 Å². The van der Waals surface area contributed by atoms with Gasteiger partial charge in [0, 0.05) is 11.1 Å². The maximum atomic E-state index is 8.93. The smallest absolute Gasteiger partial charge is 0.101 e. The van der Waals surface area contributed by atoms with Crippen molar-refractivity contribution in [1.29, 1.82) is 5.26 Å². The molecule has 80 valence electrons. The molecule has 0 aliphatic carbocycles. The molecule has 0 spiro atoms. The number of nitrogens with zero attached hydrogens (tertiary/aromatic N) is 1. The summed E-state index contributed by atoms with van der Waals surface area (Å²) in [6, 6.07) is 7.71. The van der Waals surface area contributed by atoms with E-state index in [1.165, 1.54) is 0 Å². The van der Waals surface area contributed by atoms with E-state index < -0.39 is 0 Å². The molecule has 0 fully saturated rings. The third kappa shape index (κ3) is 3.14. The van der Waals surface area contributed by atoms with Crippen molar-refractivity contribution in [3.05, 3.63) is 28.8 Å². The Hall–Kier alpha value is -1.20. The lowest BCUT2D eigenvalue weighted by molar-refractivity contribution is 0.560. The minimum absolute atomic E-state index is 0.315. The maximum Gasteiger partial charge on any atom is 0.101 e. The second-order valence-electron chi connectivity index (χ2n) is 3.98. The lowest BCUT2D eigenvalue weighted by Crippen LogP contribution is -2.21. The first-order chi connectivity index (χ1) is 7.04. The Bertz CT molecular complexity index is 380. The highest BCUT2D eigenvalue weighted by atomic mass is 35.5. The molecule has 1 atom stereocenters. The summed E-state index contributed by atoms with van der Waals surface area (Å²) in [7, 11) is 0. The van der Waals surface area contributed by atoms with Crippen molar-refractivity contribution in [2.45, 2.75) is 26.8 Å². The van der Waals surface area contributed by atoms with Crippen LogP contribution in [0.5, 0.6) is 0 Å². The fourth-order valence-electron chi connectivity index (χ4n) is 1.15. The summed E-state index contributed by atoms with van der Waals surface area (Å²) >= 11 is 5.89. The van der Waals surface area contributed by atoms with Crippen LogP contribution in [-0.2, 0) is 0 Å². The quantitative estimate of drug-likeness (QED) is 0.847. The fourth-order valence-corrected chi connectivity index (χ4v) is 1.32. The van der Waals surface area contributed by atoms with Crippen molar-refractivity contribution in [1.82, 2.24) is 0 Å². The van der Waals surface area contributed by atoms with Gasteiger partial charge < -0.3 is 5.32 Å². The van der Waals surface area contributed by atoms with Gasteiger partial charge in [-0.1, -0.05) is 25.4 Å². The number of benzene rings is 1. The highest BCUT2D eigenvalue weighted by Gasteiger charge is 2.09. The van der Waals surface area contributed by atoms with E-state index in [1.807, 2.05) is 0 Å². The Labute approximate surface area is 95.9 Å². The Morgan fingerprint density at radius 2 is 2.00 bits per heavy atom. The molecule has 1 aromatic carbocycles. The van der Waals surface area contributed by atoms with E-state index in [0.29, 0.717) is 22.5 Å². The van der Waals surface area contributed by atoms with Crippen molar-refractivity contribution in [2.24, 2.45) is 5.92 Å². The summed E-state index contributed by atoms with van der Waals surface area (Å²) in [5, 5.41) is 12.9. The topological polar surface area (TPSA) is 35.8 Å². The number of halogens is 1. The molecule has 0 heterocycles. The van der Waals surface area contributed by atoms with Gasteiger partial charge in [0.15, 0.2) is 0 Å². The zero-order valence-electron chi connectivity index (χ0n) is 9.21. The number of anilines is 1. The van der Waals surface area contributed by atoms with Crippen LogP contribution in [0.15, 0.2) is 18.2 Å². The van der Waals surface area contributed by atoms with E-state index in [4.69, 9.17) is 16.9 Å². The molecule has 2 nitrogen and oxygen atoms in total. The molecular weight excluding hydrogens is 208 g/mol. The van der Waals surface area contributed by atoms with Crippen molar-refractivity contribution < 1.29 is 0 Å². The average molecular weight is 223 g/mol. The van der Waals surface area contributed by atoms with Gasteiger partial charge in [0.25, 0.3) is 0 Å². The van der Waals surface area contributed by atoms with Crippen LogP contribution in [0.4, 0.5) is 5.69 Å². The zero-order chi connectivity index (χ0) is 11.4. The van der Waals surface area contributed by atoms with Gasteiger partial charge >= 0.3 is 0 Å². The van der Waals surface area contributed by atoms with Crippen LogP contribution < -0.4 is 5.32 Å². The third-order valence-electron chi connectivity index (χ3n) is 2.49. The number of rotatable bonds is 3. The van der Waals surface area contributed by atoms with Gasteiger partial charge in [-0.2, -0.15) is 5.26 Å². The number of nitrogens with one attached hydrogen (secondary N) is 1. The highest BCUT2D eigenvalue weighted by Crippen LogP contribution is 2.22. The van der Waals surface area contributed by atoms with Crippen LogP contribution in [0.3, 0.4) is 0 Å². The second-order valence-corrected chi connectivity index (χ2v) is 4.42. The fraction of sp³-hybridized carbons (Fsp3) is 0.417. The molecular formula is C12H15ClN2. The van der Waals surface area contributed by atoms with E-state index >= 15 is 0 Å². The monoisotopic (exact) mass is 222 g/mol. The Balaban J connectivity index is 2.93. The molecule has 0 saturated carbocycles. The molecule has 1 rings (SSSR count). The summed E-state index contributed by atoms with van der Waals surface area (Å²) in [5.74, 6) is 0.510. The number of hydrogen-bond acceptors (Lipinski definition) is 2. The standard InChI is InChI=1S/C12H15ClN2/c1-8(2)9(3)15-12-6-11(13)5-4-10(12)7-14/h4-6,8-9,15H,1-3H3. The van der Waals surface area contributed by atoms with Crippen LogP contribution in [0.25, 0.3) is 0 Å². The van der Waals surface area contributed by atoms with Gasteiger partial charge in [-0.05, 0) is 31.0 Å². The van der Waals surface area contributed by atoms with Gasteiger partial charge in [0.05, 0.1) is 11.3 Å². The summed E-state index contributed by atoms with van der Waals surface area (Å²) in [5.41, 5.74) is 1.44. The van der Waals surface area contributed by atoms with E-state index in [-0.39, 0.29) is 0 Å². The van der Waals surface area contributed by atoms with Crippen LogP contribution in [0.1, 0.15) is 26.3 Å². The molecule has 0 radical (unpaired) electrons.